The van der Waals surface area contributed by atoms with E-state index in [4.69, 9.17) is 18.9 Å². The molecule has 0 saturated carbocycles. The molecule has 0 aromatic carbocycles. The Morgan fingerprint density at radius 3 is 1.46 bits per heavy atom. The molecule has 0 aromatic rings. The molecular weight excluding hydrogens is 749 g/mol. The molecule has 1 saturated heterocycles. The molecule has 0 aromatic heterocycles. The fourth-order valence-corrected chi connectivity index (χ4v) is 7.20. The van der Waals surface area contributed by atoms with Crippen molar-refractivity contribution >= 4 is 11.9 Å². The Kier molecular flexibility index (Phi) is 37.3. The summed E-state index contributed by atoms with van der Waals surface area (Å²) in [6, 6.07) is 0. The van der Waals surface area contributed by atoms with Crippen LogP contribution in [0.1, 0.15) is 206 Å². The molecule has 0 radical (unpaired) electrons. The van der Waals surface area contributed by atoms with E-state index >= 15 is 0 Å². The van der Waals surface area contributed by atoms with Crippen LogP contribution in [0.2, 0.25) is 0 Å². The van der Waals surface area contributed by atoms with Crippen molar-refractivity contribution in [2.75, 3.05) is 19.8 Å². The number of esters is 2. The molecule has 0 bridgehead atoms. The maximum atomic E-state index is 12.8. The molecule has 6 atom stereocenters. The molecule has 2 unspecified atom stereocenters. The molecule has 1 aliphatic rings. The summed E-state index contributed by atoms with van der Waals surface area (Å²) in [5, 5.41) is 40.1. The second-order valence-corrected chi connectivity index (χ2v) is 16.6. The number of hydrogen-bond acceptors (Lipinski definition) is 10. The fourth-order valence-electron chi connectivity index (χ4n) is 7.20. The number of carbonyl (C=O) groups is 2. The molecule has 1 aliphatic heterocycles. The van der Waals surface area contributed by atoms with Gasteiger partial charge < -0.3 is 39.4 Å². The van der Waals surface area contributed by atoms with Gasteiger partial charge in [0.25, 0.3) is 0 Å². The van der Waals surface area contributed by atoms with Gasteiger partial charge in [0.1, 0.15) is 31.0 Å². The summed E-state index contributed by atoms with van der Waals surface area (Å²) in [6.45, 7) is 3.39. The lowest BCUT2D eigenvalue weighted by Gasteiger charge is -2.39. The van der Waals surface area contributed by atoms with E-state index in [0.29, 0.717) is 12.8 Å². The van der Waals surface area contributed by atoms with Crippen molar-refractivity contribution in [2.24, 2.45) is 0 Å². The van der Waals surface area contributed by atoms with E-state index in [1.165, 1.54) is 109 Å². The van der Waals surface area contributed by atoms with E-state index < -0.39 is 55.4 Å². The highest BCUT2D eigenvalue weighted by Gasteiger charge is 2.44. The van der Waals surface area contributed by atoms with Gasteiger partial charge in [0, 0.05) is 12.8 Å². The van der Waals surface area contributed by atoms with E-state index in [-0.39, 0.29) is 26.1 Å². The van der Waals surface area contributed by atoms with Crippen LogP contribution in [0.25, 0.3) is 0 Å². The summed E-state index contributed by atoms with van der Waals surface area (Å²) < 4.78 is 22.2. The first-order valence-electron chi connectivity index (χ1n) is 24.1. The monoisotopic (exact) mass is 837 g/mol. The van der Waals surface area contributed by atoms with Crippen LogP contribution in [0.4, 0.5) is 0 Å². The number of aliphatic hydroxyl groups excluding tert-OH is 4. The molecule has 344 valence electrons. The number of ether oxygens (including phenoxy) is 4. The molecular formula is C49H88O10. The SMILES string of the molecule is CCCCC/C=C/C/C=C/C/C=C/CCCCCCC(=O)OC[C@@H](CO[C@H]1O[C@@H](CO)[C@@H](O)C(O)C1O)OC(=O)CCCCCCCCCCCCCCCCCCC. The number of aliphatic hydroxyl groups is 4. The standard InChI is InChI=1S/C49H88O10/c1-3-5-7-9-11-13-15-17-19-21-23-25-27-29-31-33-35-37-44(51)56-40-42(41-57-49-48(55)47(54)46(53)43(39-50)59-49)58-45(52)38-36-34-32-30-28-26-24-22-20-18-16-14-12-10-8-6-4-2/h11,13,17,19,23,25,42-43,46-50,53-55H,3-10,12,14-16,18,20-22,24,26-41H2,1-2H3/b13-11+,19-17+,25-23+/t42-,43-,46+,47?,48?,49-/m0/s1. The maximum Gasteiger partial charge on any atom is 0.306 e. The van der Waals surface area contributed by atoms with Crippen molar-refractivity contribution < 1.29 is 49.0 Å². The van der Waals surface area contributed by atoms with Crippen molar-refractivity contribution in [3.63, 3.8) is 0 Å². The maximum absolute atomic E-state index is 12.8. The first-order valence-corrected chi connectivity index (χ1v) is 24.1. The van der Waals surface area contributed by atoms with Crippen molar-refractivity contribution in [3.8, 4) is 0 Å². The van der Waals surface area contributed by atoms with Gasteiger partial charge in [0.05, 0.1) is 13.2 Å². The highest BCUT2D eigenvalue weighted by atomic mass is 16.7. The number of carbonyl (C=O) groups excluding carboxylic acids is 2. The van der Waals surface area contributed by atoms with E-state index in [9.17, 15) is 30.0 Å². The van der Waals surface area contributed by atoms with E-state index in [1.807, 2.05) is 0 Å². The highest BCUT2D eigenvalue weighted by molar-refractivity contribution is 5.70. The minimum Gasteiger partial charge on any atom is -0.462 e. The average Bonchev–Trinajstić information content (AvgIpc) is 3.23. The van der Waals surface area contributed by atoms with E-state index in [0.717, 1.165) is 57.8 Å². The first-order chi connectivity index (χ1) is 28.8. The lowest BCUT2D eigenvalue weighted by Crippen LogP contribution is -2.59. The summed E-state index contributed by atoms with van der Waals surface area (Å²) in [7, 11) is 0. The topological polar surface area (TPSA) is 152 Å². The van der Waals surface area contributed by atoms with Crippen LogP contribution in [0.5, 0.6) is 0 Å². The van der Waals surface area contributed by atoms with Gasteiger partial charge in [0.2, 0.25) is 0 Å². The third-order valence-corrected chi connectivity index (χ3v) is 11.0. The van der Waals surface area contributed by atoms with Crippen LogP contribution in [0.15, 0.2) is 36.5 Å². The van der Waals surface area contributed by atoms with Crippen LogP contribution < -0.4 is 0 Å². The van der Waals surface area contributed by atoms with Gasteiger partial charge in [-0.2, -0.15) is 0 Å². The van der Waals surface area contributed by atoms with Crippen molar-refractivity contribution in [1.29, 1.82) is 0 Å². The third kappa shape index (κ3) is 31.4. The minimum atomic E-state index is -1.60. The molecule has 0 aliphatic carbocycles. The molecule has 59 heavy (non-hydrogen) atoms. The minimum absolute atomic E-state index is 0.227. The smallest absolute Gasteiger partial charge is 0.306 e. The number of allylic oxidation sites excluding steroid dienone is 6. The number of unbranched alkanes of at least 4 members (excludes halogenated alkanes) is 23. The quantitative estimate of drug-likeness (QED) is 0.0267. The van der Waals surface area contributed by atoms with Crippen LogP contribution in [0, 0.1) is 0 Å². The fraction of sp³-hybridized carbons (Fsp3) is 0.837. The van der Waals surface area contributed by atoms with Gasteiger partial charge >= 0.3 is 11.9 Å². The second kappa shape index (κ2) is 40.0. The summed E-state index contributed by atoms with van der Waals surface area (Å²) in [5.41, 5.74) is 0. The third-order valence-electron chi connectivity index (χ3n) is 11.0. The van der Waals surface area contributed by atoms with Crippen LogP contribution in [0.3, 0.4) is 0 Å². The number of hydrogen-bond donors (Lipinski definition) is 4. The van der Waals surface area contributed by atoms with Gasteiger partial charge in [-0.3, -0.25) is 9.59 Å². The Morgan fingerprint density at radius 2 is 0.949 bits per heavy atom. The second-order valence-electron chi connectivity index (χ2n) is 16.6. The first kappa shape index (κ1) is 54.9. The molecule has 1 rings (SSSR count). The van der Waals surface area contributed by atoms with E-state index in [1.54, 1.807) is 0 Å². The summed E-state index contributed by atoms with van der Waals surface area (Å²) in [6.07, 6.45) is 38.6. The average molecular weight is 837 g/mol. The highest BCUT2D eigenvalue weighted by Crippen LogP contribution is 2.23. The largest absolute Gasteiger partial charge is 0.462 e. The zero-order valence-corrected chi connectivity index (χ0v) is 37.5. The zero-order valence-electron chi connectivity index (χ0n) is 37.5. The van der Waals surface area contributed by atoms with Crippen LogP contribution in [-0.2, 0) is 28.5 Å². The zero-order chi connectivity index (χ0) is 43.0. The number of rotatable bonds is 40. The van der Waals surface area contributed by atoms with Gasteiger partial charge in [-0.15, -0.1) is 0 Å². The van der Waals surface area contributed by atoms with Crippen LogP contribution in [-0.4, -0.2) is 89.0 Å². The van der Waals surface area contributed by atoms with E-state index in [2.05, 4.69) is 50.3 Å². The molecule has 1 heterocycles. The van der Waals surface area contributed by atoms with Gasteiger partial charge in [0.15, 0.2) is 12.4 Å². The Bertz CT molecular complexity index is 1060. The Labute approximate surface area is 359 Å². The molecule has 10 nitrogen and oxygen atoms in total. The van der Waals surface area contributed by atoms with Crippen molar-refractivity contribution in [2.45, 2.75) is 243 Å². The van der Waals surface area contributed by atoms with Crippen molar-refractivity contribution in [3.05, 3.63) is 36.5 Å². The van der Waals surface area contributed by atoms with Gasteiger partial charge in [-0.25, -0.2) is 0 Å². The Morgan fingerprint density at radius 1 is 0.525 bits per heavy atom. The molecule has 0 amide bonds. The van der Waals surface area contributed by atoms with Gasteiger partial charge in [-0.05, 0) is 51.4 Å². The normalized spacial score (nSPS) is 20.3. The molecule has 4 N–H and O–H groups in total. The van der Waals surface area contributed by atoms with Crippen LogP contribution >= 0.6 is 0 Å². The summed E-state index contributed by atoms with van der Waals surface area (Å²) in [4.78, 5) is 25.4. The van der Waals surface area contributed by atoms with Gasteiger partial charge in [-0.1, -0.05) is 179 Å². The molecule has 10 heteroatoms. The predicted octanol–water partition coefficient (Wildman–Crippen LogP) is 10.7. The summed E-state index contributed by atoms with van der Waals surface area (Å²) >= 11 is 0. The Hall–Kier alpha value is -2.08. The molecule has 1 fully saturated rings. The molecule has 0 spiro atoms. The lowest BCUT2D eigenvalue weighted by atomic mass is 9.99. The summed E-state index contributed by atoms with van der Waals surface area (Å²) in [5.74, 6) is -0.825. The van der Waals surface area contributed by atoms with Crippen molar-refractivity contribution in [1.82, 2.24) is 0 Å². The Balaban J connectivity index is 2.31. The lowest BCUT2D eigenvalue weighted by molar-refractivity contribution is -0.305. The predicted molar refractivity (Wildman–Crippen MR) is 238 cm³/mol.